The predicted octanol–water partition coefficient (Wildman–Crippen LogP) is 17.2. The molecule has 0 radical (unpaired) electrons. The Hall–Kier alpha value is -8.46. The van der Waals surface area contributed by atoms with Gasteiger partial charge < -0.3 is 9.47 Å². The first-order valence-corrected chi connectivity index (χ1v) is 22.0. The molecule has 0 atom stereocenters. The molecule has 64 heavy (non-hydrogen) atoms. The highest BCUT2D eigenvalue weighted by Gasteiger charge is 2.23. The highest BCUT2D eigenvalue weighted by atomic mass is 15.1. The zero-order valence-corrected chi connectivity index (χ0v) is 35.1. The molecule has 0 spiro atoms. The van der Waals surface area contributed by atoms with Gasteiger partial charge in [-0.25, -0.2) is 0 Å². The van der Waals surface area contributed by atoms with Gasteiger partial charge in [0.2, 0.25) is 0 Å². The first-order chi connectivity index (χ1) is 31.8. The molecule has 12 aromatic rings. The number of aromatic nitrogens is 1. The summed E-state index contributed by atoms with van der Waals surface area (Å²) in [7, 11) is 0. The Kier molecular flexibility index (Phi) is 9.20. The number of para-hydroxylation sites is 3. The standard InChI is InChI=1S/C62H42N2/c1-3-19-44(20-4-1)49-24-9-10-26-51(49)53-28-11-12-29-54(53)55-30-15-17-33-59(55)64(62-42-46-21-7-8-25-50(46)52-27-13-14-31-56(52)62)48-38-35-43(36-39-48)45-37-40-58-57-32-16-18-34-60(57)63(61(58)41-45)47-22-5-2-6-23-47/h1-42H. The first-order valence-electron chi connectivity index (χ1n) is 22.0. The van der Waals surface area contributed by atoms with Gasteiger partial charge in [-0.1, -0.05) is 206 Å². The van der Waals surface area contributed by atoms with Crippen LogP contribution in [-0.2, 0) is 0 Å². The molecule has 2 heteroatoms. The van der Waals surface area contributed by atoms with Crippen LogP contribution >= 0.6 is 0 Å². The maximum absolute atomic E-state index is 2.48. The van der Waals surface area contributed by atoms with E-state index in [-0.39, 0.29) is 0 Å². The van der Waals surface area contributed by atoms with Crippen LogP contribution in [0.2, 0.25) is 0 Å². The average molecular weight is 815 g/mol. The van der Waals surface area contributed by atoms with Gasteiger partial charge in [0.25, 0.3) is 0 Å². The summed E-state index contributed by atoms with van der Waals surface area (Å²) in [5.41, 5.74) is 16.3. The van der Waals surface area contributed by atoms with Crippen LogP contribution in [0.5, 0.6) is 0 Å². The van der Waals surface area contributed by atoms with Crippen LogP contribution in [0.3, 0.4) is 0 Å². The van der Waals surface area contributed by atoms with Gasteiger partial charge in [-0.15, -0.1) is 0 Å². The van der Waals surface area contributed by atoms with E-state index in [1.807, 2.05) is 0 Å². The number of rotatable bonds is 8. The Morgan fingerprint density at radius 1 is 0.266 bits per heavy atom. The summed E-state index contributed by atoms with van der Waals surface area (Å²) in [6, 6.07) is 92.7. The van der Waals surface area contributed by atoms with Gasteiger partial charge in [0.15, 0.2) is 0 Å². The third-order valence-electron chi connectivity index (χ3n) is 12.8. The van der Waals surface area contributed by atoms with Crippen LogP contribution in [0.15, 0.2) is 255 Å². The van der Waals surface area contributed by atoms with Crippen molar-refractivity contribution in [2.45, 2.75) is 0 Å². The predicted molar refractivity (Wildman–Crippen MR) is 272 cm³/mol. The Labute approximate surface area is 373 Å². The normalized spacial score (nSPS) is 11.4. The summed E-state index contributed by atoms with van der Waals surface area (Å²) in [6.07, 6.45) is 0. The van der Waals surface area contributed by atoms with Gasteiger partial charge in [-0.05, 0) is 104 Å². The second-order valence-corrected chi connectivity index (χ2v) is 16.4. The molecule has 0 saturated heterocycles. The molecular weight excluding hydrogens is 773 g/mol. The summed E-state index contributed by atoms with van der Waals surface area (Å²) in [5, 5.41) is 7.38. The van der Waals surface area contributed by atoms with Crippen molar-refractivity contribution in [3.63, 3.8) is 0 Å². The summed E-state index contributed by atoms with van der Waals surface area (Å²) in [6.45, 7) is 0. The van der Waals surface area contributed by atoms with E-state index in [4.69, 9.17) is 0 Å². The minimum Gasteiger partial charge on any atom is -0.309 e. The molecule has 0 aliphatic carbocycles. The zero-order chi connectivity index (χ0) is 42.4. The third-order valence-corrected chi connectivity index (χ3v) is 12.8. The highest BCUT2D eigenvalue weighted by molar-refractivity contribution is 6.15. The van der Waals surface area contributed by atoms with Gasteiger partial charge >= 0.3 is 0 Å². The number of nitrogens with zero attached hydrogens (tertiary/aromatic N) is 2. The van der Waals surface area contributed by atoms with Crippen LogP contribution in [0.1, 0.15) is 0 Å². The molecule has 2 nitrogen and oxygen atoms in total. The topological polar surface area (TPSA) is 8.17 Å². The van der Waals surface area contributed by atoms with E-state index in [2.05, 4.69) is 264 Å². The van der Waals surface area contributed by atoms with Gasteiger partial charge in [0.1, 0.15) is 0 Å². The molecule has 300 valence electrons. The second kappa shape index (κ2) is 15.8. The van der Waals surface area contributed by atoms with E-state index in [0.717, 1.165) is 33.9 Å². The SMILES string of the molecule is c1ccc(-c2ccccc2-c2ccccc2-c2ccccc2N(c2ccc(-c3ccc4c5ccccc5n(-c5ccccc5)c4c3)cc2)c2cc3ccccc3c3ccccc23)cc1. The van der Waals surface area contributed by atoms with Crippen LogP contribution in [0, 0.1) is 0 Å². The zero-order valence-electron chi connectivity index (χ0n) is 35.1. The number of hydrogen-bond acceptors (Lipinski definition) is 1. The molecule has 0 saturated carbocycles. The molecule has 0 unspecified atom stereocenters. The van der Waals surface area contributed by atoms with Crippen LogP contribution in [0.25, 0.3) is 93.5 Å². The Morgan fingerprint density at radius 3 is 1.53 bits per heavy atom. The van der Waals surface area contributed by atoms with Crippen molar-refractivity contribution in [2.75, 3.05) is 4.90 Å². The van der Waals surface area contributed by atoms with E-state index in [1.54, 1.807) is 0 Å². The fourth-order valence-corrected chi connectivity index (χ4v) is 9.87. The fraction of sp³-hybridized carbons (Fsp3) is 0. The largest absolute Gasteiger partial charge is 0.309 e. The first kappa shape index (κ1) is 37.3. The minimum absolute atomic E-state index is 1.08. The summed E-state index contributed by atoms with van der Waals surface area (Å²) in [4.78, 5) is 2.48. The van der Waals surface area contributed by atoms with Crippen molar-refractivity contribution in [2.24, 2.45) is 0 Å². The quantitative estimate of drug-likeness (QED) is 0.139. The number of benzene rings is 11. The third kappa shape index (κ3) is 6.35. The Bertz CT molecular complexity index is 3660. The molecule has 0 bridgehead atoms. The molecular formula is C62H42N2. The van der Waals surface area contributed by atoms with E-state index in [0.29, 0.717) is 0 Å². The van der Waals surface area contributed by atoms with Crippen LogP contribution in [-0.4, -0.2) is 4.57 Å². The maximum atomic E-state index is 2.48. The number of fused-ring (bicyclic) bond motifs is 6. The van der Waals surface area contributed by atoms with Crippen molar-refractivity contribution >= 4 is 60.4 Å². The monoisotopic (exact) mass is 814 g/mol. The Balaban J connectivity index is 1.05. The molecule has 0 fully saturated rings. The second-order valence-electron chi connectivity index (χ2n) is 16.4. The van der Waals surface area contributed by atoms with Crippen molar-refractivity contribution in [3.05, 3.63) is 255 Å². The lowest BCUT2D eigenvalue weighted by Gasteiger charge is -2.30. The molecule has 1 heterocycles. The van der Waals surface area contributed by atoms with Gasteiger partial charge in [-0.3, -0.25) is 0 Å². The number of hydrogen-bond donors (Lipinski definition) is 0. The average Bonchev–Trinajstić information content (AvgIpc) is 3.71. The smallest absolute Gasteiger partial charge is 0.0547 e. The number of anilines is 3. The van der Waals surface area contributed by atoms with E-state index >= 15 is 0 Å². The molecule has 1 aromatic heterocycles. The maximum Gasteiger partial charge on any atom is 0.0547 e. The summed E-state index contributed by atoms with van der Waals surface area (Å²) in [5.74, 6) is 0. The van der Waals surface area contributed by atoms with E-state index in [9.17, 15) is 0 Å². The molecule has 0 amide bonds. The summed E-state index contributed by atoms with van der Waals surface area (Å²) >= 11 is 0. The van der Waals surface area contributed by atoms with Crippen molar-refractivity contribution in [1.29, 1.82) is 0 Å². The molecule has 11 aromatic carbocycles. The van der Waals surface area contributed by atoms with E-state index in [1.165, 1.54) is 76.7 Å². The Morgan fingerprint density at radius 2 is 0.781 bits per heavy atom. The molecule has 0 aliphatic rings. The molecule has 12 rings (SSSR count). The van der Waals surface area contributed by atoms with Crippen molar-refractivity contribution in [1.82, 2.24) is 4.57 Å². The molecule has 0 aliphatic heterocycles. The van der Waals surface area contributed by atoms with E-state index < -0.39 is 0 Å². The van der Waals surface area contributed by atoms with Gasteiger partial charge in [0.05, 0.1) is 22.4 Å². The van der Waals surface area contributed by atoms with Crippen LogP contribution in [0.4, 0.5) is 17.1 Å². The molecule has 0 N–H and O–H groups in total. The lowest BCUT2D eigenvalue weighted by Crippen LogP contribution is -2.12. The van der Waals surface area contributed by atoms with Crippen molar-refractivity contribution in [3.8, 4) is 50.2 Å². The summed E-state index contributed by atoms with van der Waals surface area (Å²) < 4.78 is 2.39. The van der Waals surface area contributed by atoms with Gasteiger partial charge in [0, 0.05) is 33.1 Å². The van der Waals surface area contributed by atoms with Crippen LogP contribution < -0.4 is 4.90 Å². The lowest BCUT2D eigenvalue weighted by molar-refractivity contribution is 1.18. The van der Waals surface area contributed by atoms with Gasteiger partial charge in [-0.2, -0.15) is 0 Å². The minimum atomic E-state index is 1.08. The van der Waals surface area contributed by atoms with Crippen molar-refractivity contribution < 1.29 is 0 Å². The lowest BCUT2D eigenvalue weighted by atomic mass is 9.88. The highest BCUT2D eigenvalue weighted by Crippen LogP contribution is 2.48. The fourth-order valence-electron chi connectivity index (χ4n) is 9.87.